The molecule has 140 valence electrons. The average molecular weight is 364 g/mol. The molecule has 2 aromatic rings. The SMILES string of the molecule is CCOC(=O)C/C(C)=N\NC(=O)[C@H]1CC1(c1ccccc1)c1ccccc1. The highest BCUT2D eigenvalue weighted by atomic mass is 16.5. The summed E-state index contributed by atoms with van der Waals surface area (Å²) in [5.74, 6) is -0.672. The molecule has 0 unspecified atom stereocenters. The number of hydrogen-bond donors (Lipinski definition) is 1. The Bertz CT molecular complexity index is 792. The van der Waals surface area contributed by atoms with Crippen LogP contribution in [0.1, 0.15) is 37.8 Å². The normalized spacial score (nSPS) is 17.9. The zero-order valence-electron chi connectivity index (χ0n) is 15.6. The number of rotatable bonds is 7. The van der Waals surface area contributed by atoms with Gasteiger partial charge in [-0.2, -0.15) is 5.10 Å². The van der Waals surface area contributed by atoms with Gasteiger partial charge in [-0.05, 0) is 31.4 Å². The van der Waals surface area contributed by atoms with Gasteiger partial charge in [0, 0.05) is 11.1 Å². The van der Waals surface area contributed by atoms with E-state index >= 15 is 0 Å². The summed E-state index contributed by atoms with van der Waals surface area (Å²) in [6.45, 7) is 3.79. The number of nitrogens with zero attached hydrogens (tertiary/aromatic N) is 1. The second-order valence-corrected chi connectivity index (χ2v) is 6.77. The summed E-state index contributed by atoms with van der Waals surface area (Å²) in [6, 6.07) is 20.2. The van der Waals surface area contributed by atoms with Gasteiger partial charge in [0.25, 0.3) is 0 Å². The molecular formula is C22H24N2O3. The number of carbonyl (C=O) groups is 2. The highest BCUT2D eigenvalue weighted by molar-refractivity contribution is 5.98. The lowest BCUT2D eigenvalue weighted by atomic mass is 9.85. The summed E-state index contributed by atoms with van der Waals surface area (Å²) in [5, 5.41) is 4.08. The van der Waals surface area contributed by atoms with E-state index in [2.05, 4.69) is 34.8 Å². The van der Waals surface area contributed by atoms with Crippen molar-refractivity contribution in [3.05, 3.63) is 71.8 Å². The predicted molar refractivity (Wildman–Crippen MR) is 104 cm³/mol. The van der Waals surface area contributed by atoms with E-state index in [1.165, 1.54) is 0 Å². The molecular weight excluding hydrogens is 340 g/mol. The molecule has 1 saturated carbocycles. The number of esters is 1. The van der Waals surface area contributed by atoms with Crippen molar-refractivity contribution in [3.8, 4) is 0 Å². The first kappa shape index (κ1) is 18.8. The van der Waals surface area contributed by atoms with Gasteiger partial charge in [-0.25, -0.2) is 5.43 Å². The summed E-state index contributed by atoms with van der Waals surface area (Å²) in [7, 11) is 0. The van der Waals surface area contributed by atoms with E-state index in [9.17, 15) is 9.59 Å². The maximum Gasteiger partial charge on any atom is 0.311 e. The van der Waals surface area contributed by atoms with Crippen molar-refractivity contribution in [1.29, 1.82) is 0 Å². The van der Waals surface area contributed by atoms with Gasteiger partial charge in [0.05, 0.1) is 18.9 Å². The van der Waals surface area contributed by atoms with Crippen molar-refractivity contribution in [1.82, 2.24) is 5.43 Å². The number of ether oxygens (including phenoxy) is 1. The van der Waals surface area contributed by atoms with Crippen LogP contribution in [0.15, 0.2) is 65.8 Å². The lowest BCUT2D eigenvalue weighted by Crippen LogP contribution is -2.26. The maximum atomic E-state index is 12.7. The first-order chi connectivity index (χ1) is 13.1. The number of carbonyl (C=O) groups excluding carboxylic acids is 2. The summed E-state index contributed by atoms with van der Waals surface area (Å²) in [6.07, 6.45) is 0.806. The highest BCUT2D eigenvalue weighted by Crippen LogP contribution is 2.58. The Morgan fingerprint density at radius 3 is 2.15 bits per heavy atom. The molecule has 3 rings (SSSR count). The highest BCUT2D eigenvalue weighted by Gasteiger charge is 2.60. The minimum absolute atomic E-state index is 0.0707. The van der Waals surface area contributed by atoms with Crippen LogP contribution in [0.4, 0.5) is 0 Å². The van der Waals surface area contributed by atoms with E-state index < -0.39 is 0 Å². The largest absolute Gasteiger partial charge is 0.466 e. The number of hydrazone groups is 1. The Labute approximate surface area is 159 Å². The standard InChI is InChI=1S/C22H24N2O3/c1-3-27-20(25)14-16(2)23-24-21(26)19-15-22(19,17-10-6-4-7-11-17)18-12-8-5-9-13-18/h4-13,19H,3,14-15H2,1-2H3,(H,24,26)/b23-16-/t19-/m1/s1. The Morgan fingerprint density at radius 2 is 1.63 bits per heavy atom. The molecule has 27 heavy (non-hydrogen) atoms. The first-order valence-electron chi connectivity index (χ1n) is 9.17. The molecule has 0 bridgehead atoms. The van der Waals surface area contributed by atoms with Crippen LogP contribution in [0.5, 0.6) is 0 Å². The van der Waals surface area contributed by atoms with Gasteiger partial charge in [-0.1, -0.05) is 60.7 Å². The van der Waals surface area contributed by atoms with Crippen LogP contribution in [0, 0.1) is 5.92 Å². The van der Waals surface area contributed by atoms with Crippen LogP contribution in [0.2, 0.25) is 0 Å². The monoisotopic (exact) mass is 364 g/mol. The van der Waals surface area contributed by atoms with Gasteiger partial charge in [0.2, 0.25) is 5.91 Å². The Morgan fingerprint density at radius 1 is 1.07 bits per heavy atom. The van der Waals surface area contributed by atoms with Crippen molar-refractivity contribution >= 4 is 17.6 Å². The molecule has 1 atom stereocenters. The van der Waals surface area contributed by atoms with Gasteiger partial charge < -0.3 is 4.74 Å². The first-order valence-corrected chi connectivity index (χ1v) is 9.17. The number of hydrogen-bond acceptors (Lipinski definition) is 4. The van der Waals surface area contributed by atoms with Gasteiger partial charge >= 0.3 is 5.97 Å². The van der Waals surface area contributed by atoms with E-state index in [4.69, 9.17) is 4.74 Å². The molecule has 0 radical (unpaired) electrons. The fourth-order valence-corrected chi connectivity index (χ4v) is 3.54. The molecule has 5 heteroatoms. The van der Waals surface area contributed by atoms with Crippen LogP contribution in [0.25, 0.3) is 0 Å². The third kappa shape index (κ3) is 4.08. The lowest BCUT2D eigenvalue weighted by Gasteiger charge is -2.18. The van der Waals surface area contributed by atoms with E-state index in [1.807, 2.05) is 36.4 Å². The summed E-state index contributed by atoms with van der Waals surface area (Å²) in [5.41, 5.74) is 5.08. The molecule has 0 aliphatic heterocycles. The topological polar surface area (TPSA) is 67.8 Å². The van der Waals surface area contributed by atoms with Crippen molar-refractivity contribution < 1.29 is 14.3 Å². The van der Waals surface area contributed by atoms with Crippen molar-refractivity contribution in [2.24, 2.45) is 11.0 Å². The lowest BCUT2D eigenvalue weighted by molar-refractivity contribution is -0.141. The van der Waals surface area contributed by atoms with E-state index in [1.54, 1.807) is 13.8 Å². The van der Waals surface area contributed by atoms with E-state index in [0.717, 1.165) is 17.5 Å². The number of nitrogens with one attached hydrogen (secondary N) is 1. The van der Waals surface area contributed by atoms with Crippen LogP contribution in [0.3, 0.4) is 0 Å². The quantitative estimate of drug-likeness (QED) is 0.465. The molecule has 0 saturated heterocycles. The molecule has 1 N–H and O–H groups in total. The molecule has 1 amide bonds. The summed E-state index contributed by atoms with van der Waals surface area (Å²) >= 11 is 0. The van der Waals surface area contributed by atoms with Crippen LogP contribution in [-0.2, 0) is 19.7 Å². The third-order valence-electron chi connectivity index (χ3n) is 4.92. The van der Waals surface area contributed by atoms with Crippen molar-refractivity contribution in [2.45, 2.75) is 32.1 Å². The molecule has 1 aliphatic rings. The van der Waals surface area contributed by atoms with Crippen LogP contribution < -0.4 is 5.43 Å². The van der Waals surface area contributed by atoms with Crippen molar-refractivity contribution in [3.63, 3.8) is 0 Å². The molecule has 1 aliphatic carbocycles. The van der Waals surface area contributed by atoms with Gasteiger partial charge in [0.1, 0.15) is 0 Å². The predicted octanol–water partition coefficient (Wildman–Crippen LogP) is 3.44. The van der Waals surface area contributed by atoms with Crippen LogP contribution in [-0.4, -0.2) is 24.2 Å². The summed E-state index contributed by atoms with van der Waals surface area (Å²) < 4.78 is 4.90. The van der Waals surface area contributed by atoms with Crippen LogP contribution >= 0.6 is 0 Å². The minimum atomic E-state index is -0.345. The average Bonchev–Trinajstić information content (AvgIpc) is 3.45. The molecule has 0 spiro atoms. The molecule has 2 aromatic carbocycles. The number of amides is 1. The van der Waals surface area contributed by atoms with Gasteiger partial charge in [-0.3, -0.25) is 9.59 Å². The van der Waals surface area contributed by atoms with E-state index in [0.29, 0.717) is 12.3 Å². The fourth-order valence-electron chi connectivity index (χ4n) is 3.54. The zero-order chi connectivity index (χ0) is 19.3. The van der Waals surface area contributed by atoms with Gasteiger partial charge in [0.15, 0.2) is 0 Å². The second-order valence-electron chi connectivity index (χ2n) is 6.77. The molecule has 5 nitrogen and oxygen atoms in total. The molecule has 0 aromatic heterocycles. The van der Waals surface area contributed by atoms with Crippen molar-refractivity contribution in [2.75, 3.05) is 6.61 Å². The number of benzene rings is 2. The smallest absolute Gasteiger partial charge is 0.311 e. The van der Waals surface area contributed by atoms with E-state index in [-0.39, 0.29) is 29.6 Å². The van der Waals surface area contributed by atoms with Gasteiger partial charge in [-0.15, -0.1) is 0 Å². The zero-order valence-corrected chi connectivity index (χ0v) is 15.6. The Hall–Kier alpha value is -2.95. The maximum absolute atomic E-state index is 12.7. The fraction of sp³-hybridized carbons (Fsp3) is 0.318. The second kappa shape index (κ2) is 8.16. The Balaban J connectivity index is 1.75. The Kier molecular flexibility index (Phi) is 5.69. The third-order valence-corrected chi connectivity index (χ3v) is 4.92. The molecule has 1 fully saturated rings. The molecule has 0 heterocycles. The summed E-state index contributed by atoms with van der Waals surface area (Å²) in [4.78, 5) is 24.3. The minimum Gasteiger partial charge on any atom is -0.466 e.